The molecular formula is C22H25ClN2O3S. The molecular weight excluding hydrogens is 408 g/mol. The van der Waals surface area contributed by atoms with Crippen LogP contribution in [0.4, 0.5) is 5.69 Å². The van der Waals surface area contributed by atoms with Crippen LogP contribution < -0.4 is 5.32 Å². The molecule has 1 aliphatic heterocycles. The van der Waals surface area contributed by atoms with Crippen molar-refractivity contribution in [3.63, 3.8) is 0 Å². The Morgan fingerprint density at radius 1 is 1.10 bits per heavy atom. The van der Waals surface area contributed by atoms with E-state index in [-0.39, 0.29) is 5.91 Å². The van der Waals surface area contributed by atoms with Crippen molar-refractivity contribution in [1.29, 1.82) is 0 Å². The Balaban J connectivity index is 1.83. The van der Waals surface area contributed by atoms with E-state index < -0.39 is 6.29 Å². The lowest BCUT2D eigenvalue weighted by Crippen LogP contribution is -2.35. The summed E-state index contributed by atoms with van der Waals surface area (Å²) in [6.45, 7) is 7.20. The molecule has 0 saturated carbocycles. The lowest BCUT2D eigenvalue weighted by molar-refractivity contribution is -0.131. The molecule has 0 bridgehead atoms. The van der Waals surface area contributed by atoms with Crippen LogP contribution in [0.2, 0.25) is 5.02 Å². The number of nitrogens with zero attached hydrogens (tertiary/aromatic N) is 1. The zero-order valence-electron chi connectivity index (χ0n) is 16.8. The summed E-state index contributed by atoms with van der Waals surface area (Å²) >= 11 is 7.84. The first kappa shape index (κ1) is 21.8. The highest BCUT2D eigenvalue weighted by atomic mass is 35.5. The SMILES string of the molecule is CCOC(CNC(=O)c1ccc2c(c1)N=C(CC)c1cc(Cl)ccc1S2)OCC. The molecule has 0 atom stereocenters. The maximum absolute atomic E-state index is 12.6. The summed E-state index contributed by atoms with van der Waals surface area (Å²) < 4.78 is 11.0. The van der Waals surface area contributed by atoms with E-state index in [1.807, 2.05) is 50.2 Å². The largest absolute Gasteiger partial charge is 0.351 e. The van der Waals surface area contributed by atoms with Crippen molar-refractivity contribution in [2.24, 2.45) is 4.99 Å². The molecule has 3 rings (SSSR count). The van der Waals surface area contributed by atoms with Gasteiger partial charge in [0.1, 0.15) is 0 Å². The number of nitrogens with one attached hydrogen (secondary N) is 1. The normalized spacial score (nSPS) is 12.8. The molecule has 1 heterocycles. The van der Waals surface area contributed by atoms with Gasteiger partial charge in [0, 0.05) is 44.9 Å². The van der Waals surface area contributed by atoms with E-state index in [0.717, 1.165) is 33.2 Å². The summed E-state index contributed by atoms with van der Waals surface area (Å²) in [4.78, 5) is 19.6. The van der Waals surface area contributed by atoms with Gasteiger partial charge in [0.15, 0.2) is 6.29 Å². The van der Waals surface area contributed by atoms with Crippen LogP contribution in [0.15, 0.2) is 51.2 Å². The number of halogens is 1. The van der Waals surface area contributed by atoms with Gasteiger partial charge >= 0.3 is 0 Å². The fourth-order valence-electron chi connectivity index (χ4n) is 3.06. The molecule has 0 aliphatic carbocycles. The molecule has 5 nitrogen and oxygen atoms in total. The Hall–Kier alpha value is -1.86. The number of ether oxygens (including phenoxy) is 2. The maximum atomic E-state index is 12.6. The van der Waals surface area contributed by atoms with Crippen molar-refractivity contribution in [3.8, 4) is 0 Å². The smallest absolute Gasteiger partial charge is 0.251 e. The van der Waals surface area contributed by atoms with E-state index in [4.69, 9.17) is 26.1 Å². The van der Waals surface area contributed by atoms with Gasteiger partial charge in [-0.05, 0) is 56.7 Å². The van der Waals surface area contributed by atoms with Gasteiger partial charge in [0.25, 0.3) is 5.91 Å². The minimum absolute atomic E-state index is 0.180. The van der Waals surface area contributed by atoms with Gasteiger partial charge in [-0.25, -0.2) is 0 Å². The number of fused-ring (bicyclic) bond motifs is 2. The fourth-order valence-corrected chi connectivity index (χ4v) is 4.24. The van der Waals surface area contributed by atoms with Crippen LogP contribution >= 0.6 is 23.4 Å². The molecule has 154 valence electrons. The first-order valence-electron chi connectivity index (χ1n) is 9.76. The van der Waals surface area contributed by atoms with E-state index in [0.29, 0.717) is 30.3 Å². The second-order valence-corrected chi connectivity index (χ2v) is 7.91. The molecule has 0 fully saturated rings. The van der Waals surface area contributed by atoms with Crippen molar-refractivity contribution >= 4 is 40.7 Å². The minimum Gasteiger partial charge on any atom is -0.351 e. The lowest BCUT2D eigenvalue weighted by atomic mass is 10.1. The summed E-state index contributed by atoms with van der Waals surface area (Å²) in [7, 11) is 0. The van der Waals surface area contributed by atoms with E-state index in [9.17, 15) is 4.79 Å². The van der Waals surface area contributed by atoms with E-state index in [1.54, 1.807) is 11.8 Å². The zero-order valence-corrected chi connectivity index (χ0v) is 18.4. The fraction of sp³-hybridized carbons (Fsp3) is 0.364. The van der Waals surface area contributed by atoms with E-state index in [2.05, 4.69) is 12.2 Å². The van der Waals surface area contributed by atoms with Gasteiger partial charge in [0.2, 0.25) is 0 Å². The number of hydrogen-bond acceptors (Lipinski definition) is 5. The molecule has 0 spiro atoms. The van der Waals surface area contributed by atoms with Crippen molar-refractivity contribution in [3.05, 3.63) is 52.5 Å². The zero-order chi connectivity index (χ0) is 20.8. The standard InChI is InChI=1S/C22H25ClN2O3S/c1-4-17-16-12-15(23)8-10-19(16)29-20-9-7-14(11-18(20)25-17)22(26)24-13-21(27-5-2)28-6-3/h7-12,21H,4-6,13H2,1-3H3,(H,24,26). The van der Waals surface area contributed by atoms with Gasteiger partial charge in [-0.2, -0.15) is 0 Å². The van der Waals surface area contributed by atoms with Gasteiger partial charge in [0.05, 0.1) is 12.2 Å². The van der Waals surface area contributed by atoms with E-state index in [1.165, 1.54) is 0 Å². The third-order valence-electron chi connectivity index (χ3n) is 4.42. The number of carbonyl (C=O) groups is 1. The molecule has 7 heteroatoms. The number of benzene rings is 2. The average Bonchev–Trinajstić information content (AvgIpc) is 2.87. The summed E-state index contributed by atoms with van der Waals surface area (Å²) in [5.74, 6) is -0.180. The Labute approximate surface area is 180 Å². The van der Waals surface area contributed by atoms with E-state index >= 15 is 0 Å². The lowest BCUT2D eigenvalue weighted by Gasteiger charge is -2.17. The van der Waals surface area contributed by atoms with Gasteiger partial charge in [-0.1, -0.05) is 30.3 Å². The van der Waals surface area contributed by atoms with Gasteiger partial charge < -0.3 is 14.8 Å². The van der Waals surface area contributed by atoms with Crippen molar-refractivity contribution < 1.29 is 14.3 Å². The molecule has 2 aromatic carbocycles. The molecule has 0 radical (unpaired) electrons. The average molecular weight is 433 g/mol. The third kappa shape index (κ3) is 5.39. The molecule has 0 unspecified atom stereocenters. The number of aliphatic imine (C=N–C) groups is 1. The quantitative estimate of drug-likeness (QED) is 0.562. The number of carbonyl (C=O) groups excluding carboxylic acids is 1. The highest BCUT2D eigenvalue weighted by molar-refractivity contribution is 7.99. The van der Waals surface area contributed by atoms with Crippen LogP contribution in [-0.4, -0.2) is 37.7 Å². The van der Waals surface area contributed by atoms with Crippen LogP contribution in [0.5, 0.6) is 0 Å². The highest BCUT2D eigenvalue weighted by Gasteiger charge is 2.19. The summed E-state index contributed by atoms with van der Waals surface area (Å²) in [6.07, 6.45) is 0.322. The first-order chi connectivity index (χ1) is 14.0. The molecule has 0 aromatic heterocycles. The predicted octanol–water partition coefficient (Wildman–Crippen LogP) is 5.46. The molecule has 1 aliphatic rings. The van der Waals surface area contributed by atoms with Crippen molar-refractivity contribution in [1.82, 2.24) is 5.32 Å². The number of hydrogen-bond donors (Lipinski definition) is 1. The predicted molar refractivity (Wildman–Crippen MR) is 118 cm³/mol. The van der Waals surface area contributed by atoms with Crippen LogP contribution in [0.3, 0.4) is 0 Å². The Morgan fingerprint density at radius 2 is 1.83 bits per heavy atom. The second kappa shape index (κ2) is 10.3. The molecule has 0 saturated heterocycles. The summed E-state index contributed by atoms with van der Waals surface area (Å²) in [5.41, 5.74) is 3.35. The van der Waals surface area contributed by atoms with Crippen LogP contribution in [0.1, 0.15) is 43.1 Å². The number of rotatable bonds is 8. The third-order valence-corrected chi connectivity index (χ3v) is 5.79. The summed E-state index contributed by atoms with van der Waals surface area (Å²) in [5, 5.41) is 3.57. The molecule has 29 heavy (non-hydrogen) atoms. The monoisotopic (exact) mass is 432 g/mol. The first-order valence-corrected chi connectivity index (χ1v) is 11.0. The van der Waals surface area contributed by atoms with Crippen molar-refractivity contribution in [2.45, 2.75) is 43.3 Å². The van der Waals surface area contributed by atoms with Crippen LogP contribution in [-0.2, 0) is 9.47 Å². The highest BCUT2D eigenvalue weighted by Crippen LogP contribution is 2.41. The van der Waals surface area contributed by atoms with Gasteiger partial charge in [-0.15, -0.1) is 0 Å². The van der Waals surface area contributed by atoms with Crippen LogP contribution in [0, 0.1) is 0 Å². The minimum atomic E-state index is -0.450. The van der Waals surface area contributed by atoms with Crippen LogP contribution in [0.25, 0.3) is 0 Å². The molecule has 1 amide bonds. The molecule has 2 aromatic rings. The Bertz CT molecular complexity index is 911. The molecule has 1 N–H and O–H groups in total. The number of amides is 1. The second-order valence-electron chi connectivity index (χ2n) is 6.39. The van der Waals surface area contributed by atoms with Crippen molar-refractivity contribution in [2.75, 3.05) is 19.8 Å². The Kier molecular flexibility index (Phi) is 7.72. The topological polar surface area (TPSA) is 59.9 Å². The van der Waals surface area contributed by atoms with Gasteiger partial charge in [-0.3, -0.25) is 9.79 Å². The Morgan fingerprint density at radius 3 is 2.52 bits per heavy atom. The summed E-state index contributed by atoms with van der Waals surface area (Å²) in [6, 6.07) is 11.5. The maximum Gasteiger partial charge on any atom is 0.251 e.